The zero-order valence-corrected chi connectivity index (χ0v) is 9.32. The molecule has 17 heavy (non-hydrogen) atoms. The summed E-state index contributed by atoms with van der Waals surface area (Å²) in [6.07, 6.45) is -11.3. The van der Waals surface area contributed by atoms with E-state index >= 15 is 0 Å². The summed E-state index contributed by atoms with van der Waals surface area (Å²) in [6, 6.07) is 0. The lowest BCUT2D eigenvalue weighted by molar-refractivity contribution is -0.253. The molecule has 0 fully saturated rings. The Hall–Kier alpha value is -0.950. The maximum absolute atomic E-state index is 12.4. The summed E-state index contributed by atoms with van der Waals surface area (Å²) >= 11 is 0. The highest BCUT2D eigenvalue weighted by Gasteiger charge is 2.57. The van der Waals surface area contributed by atoms with Gasteiger partial charge in [-0.05, 0) is 13.8 Å². The van der Waals surface area contributed by atoms with Crippen LogP contribution in [-0.4, -0.2) is 24.4 Å². The highest BCUT2D eigenvalue weighted by Crippen LogP contribution is 2.41. The number of hydrogen-bond acceptors (Lipinski definition) is 2. The molecule has 2 atom stereocenters. The molecule has 0 aliphatic rings. The first-order chi connectivity index (χ1) is 7.37. The lowest BCUT2D eigenvalue weighted by Crippen LogP contribution is -2.43. The molecule has 0 bridgehead atoms. The monoisotopic (exact) mass is 266 g/mol. The van der Waals surface area contributed by atoms with E-state index in [1.807, 2.05) is 0 Å². The quantitative estimate of drug-likeness (QED) is 0.578. The summed E-state index contributed by atoms with van der Waals surface area (Å²) < 4.78 is 78.1. The fraction of sp³-hybridized carbons (Fsp3) is 0.889. The number of esters is 1. The summed E-state index contributed by atoms with van der Waals surface area (Å²) in [4.78, 5) is 11.0. The Kier molecular flexibility index (Phi) is 4.85. The fourth-order valence-electron chi connectivity index (χ4n) is 1.12. The predicted molar refractivity (Wildman–Crippen MR) is 46.0 cm³/mol. The van der Waals surface area contributed by atoms with E-state index in [4.69, 9.17) is 0 Å². The van der Waals surface area contributed by atoms with E-state index in [1.54, 1.807) is 0 Å². The lowest BCUT2D eigenvalue weighted by atomic mass is 9.93. The average Bonchev–Trinajstić information content (AvgIpc) is 1.97. The molecular weight excluding hydrogens is 254 g/mol. The molecule has 102 valence electrons. The first-order valence-corrected chi connectivity index (χ1v) is 4.71. The van der Waals surface area contributed by atoms with Gasteiger partial charge in [0.05, 0.1) is 12.0 Å². The van der Waals surface area contributed by atoms with Crippen LogP contribution in [0.1, 0.15) is 20.8 Å². The Morgan fingerprint density at radius 3 is 1.59 bits per heavy atom. The molecule has 0 radical (unpaired) electrons. The van der Waals surface area contributed by atoms with Crippen molar-refractivity contribution in [3.63, 3.8) is 0 Å². The molecule has 0 amide bonds. The summed E-state index contributed by atoms with van der Waals surface area (Å²) in [5, 5.41) is 0. The summed E-state index contributed by atoms with van der Waals surface area (Å²) in [6.45, 7) is 2.81. The highest BCUT2D eigenvalue weighted by molar-refractivity contribution is 5.74. The van der Waals surface area contributed by atoms with Gasteiger partial charge in [-0.2, -0.15) is 26.3 Å². The van der Waals surface area contributed by atoms with Crippen molar-refractivity contribution in [2.24, 2.45) is 11.8 Å². The third-order valence-electron chi connectivity index (χ3n) is 1.97. The van der Waals surface area contributed by atoms with Gasteiger partial charge in [0.2, 0.25) is 0 Å². The summed E-state index contributed by atoms with van der Waals surface area (Å²) in [5.74, 6) is -7.93. The van der Waals surface area contributed by atoms with Gasteiger partial charge in [0.15, 0.2) is 5.92 Å². The largest absolute Gasteiger partial charge is 0.462 e. The minimum absolute atomic E-state index is 0.305. The second kappa shape index (κ2) is 5.14. The lowest BCUT2D eigenvalue weighted by Gasteiger charge is -2.27. The van der Waals surface area contributed by atoms with Crippen LogP contribution in [0.15, 0.2) is 0 Å². The maximum atomic E-state index is 12.4. The Balaban J connectivity index is 5.10. The fourth-order valence-corrected chi connectivity index (χ4v) is 1.12. The van der Waals surface area contributed by atoms with Crippen molar-refractivity contribution < 1.29 is 35.9 Å². The zero-order chi connectivity index (χ0) is 14.0. The van der Waals surface area contributed by atoms with E-state index < -0.39 is 36.3 Å². The molecule has 0 aliphatic carbocycles. The minimum Gasteiger partial charge on any atom is -0.462 e. The molecule has 0 spiro atoms. The summed E-state index contributed by atoms with van der Waals surface area (Å²) in [7, 11) is 0. The van der Waals surface area contributed by atoms with E-state index in [-0.39, 0.29) is 0 Å². The van der Waals surface area contributed by atoms with Crippen molar-refractivity contribution in [1.29, 1.82) is 0 Å². The van der Waals surface area contributed by atoms with Crippen LogP contribution in [0.5, 0.6) is 0 Å². The Morgan fingerprint density at radius 2 is 1.35 bits per heavy atom. The van der Waals surface area contributed by atoms with Crippen LogP contribution in [0.25, 0.3) is 0 Å². The van der Waals surface area contributed by atoms with Crippen LogP contribution in [0.3, 0.4) is 0 Å². The molecule has 0 N–H and O–H groups in total. The third kappa shape index (κ3) is 4.82. The molecule has 0 aromatic carbocycles. The Bertz CT molecular complexity index is 268. The summed E-state index contributed by atoms with van der Waals surface area (Å²) in [5.41, 5.74) is 0. The van der Waals surface area contributed by atoms with Gasteiger partial charge in [0.25, 0.3) is 0 Å². The normalized spacial score (nSPS) is 16.8. The van der Waals surface area contributed by atoms with Gasteiger partial charge >= 0.3 is 18.3 Å². The van der Waals surface area contributed by atoms with E-state index in [0.29, 0.717) is 6.92 Å². The number of ether oxygens (including phenoxy) is 1. The molecule has 0 heterocycles. The third-order valence-corrected chi connectivity index (χ3v) is 1.97. The molecule has 0 saturated heterocycles. The van der Waals surface area contributed by atoms with Crippen molar-refractivity contribution in [2.75, 3.05) is 0 Å². The van der Waals surface area contributed by atoms with Crippen molar-refractivity contribution >= 4 is 5.97 Å². The van der Waals surface area contributed by atoms with Gasteiger partial charge in [-0.15, -0.1) is 0 Å². The van der Waals surface area contributed by atoms with Crippen molar-refractivity contribution in [2.45, 2.75) is 39.2 Å². The van der Waals surface area contributed by atoms with Gasteiger partial charge in [-0.1, -0.05) is 6.92 Å². The van der Waals surface area contributed by atoms with Crippen molar-refractivity contribution in [3.05, 3.63) is 0 Å². The maximum Gasteiger partial charge on any atom is 0.402 e. The Labute approximate surface area is 93.9 Å². The van der Waals surface area contributed by atoms with Crippen LogP contribution in [-0.2, 0) is 9.53 Å². The number of halogens is 6. The molecule has 0 aliphatic heterocycles. The number of carbonyl (C=O) groups excluding carboxylic acids is 1. The highest BCUT2D eigenvalue weighted by atomic mass is 19.4. The van der Waals surface area contributed by atoms with Crippen molar-refractivity contribution in [3.8, 4) is 0 Å². The topological polar surface area (TPSA) is 26.3 Å². The van der Waals surface area contributed by atoms with E-state index in [2.05, 4.69) is 4.74 Å². The standard InChI is InChI=1S/C9H12F6O2/c1-4(2)17-7(16)6(9(13,14)15)5(3)8(10,11)12/h4-6H,1-3H3. The van der Waals surface area contributed by atoms with Gasteiger partial charge < -0.3 is 4.74 Å². The molecule has 0 aromatic heterocycles. The predicted octanol–water partition coefficient (Wildman–Crippen LogP) is 3.31. The molecular formula is C9H12F6O2. The first kappa shape index (κ1) is 16.1. The molecule has 0 aromatic rings. The molecule has 0 saturated carbocycles. The molecule has 8 heteroatoms. The van der Waals surface area contributed by atoms with Crippen molar-refractivity contribution in [1.82, 2.24) is 0 Å². The minimum atomic E-state index is -5.29. The second-order valence-corrected chi connectivity index (χ2v) is 3.84. The molecule has 2 nitrogen and oxygen atoms in total. The molecule has 0 rings (SSSR count). The second-order valence-electron chi connectivity index (χ2n) is 3.84. The van der Waals surface area contributed by atoms with Crippen LogP contribution >= 0.6 is 0 Å². The Morgan fingerprint density at radius 1 is 0.941 bits per heavy atom. The van der Waals surface area contributed by atoms with Crippen LogP contribution in [0, 0.1) is 11.8 Å². The van der Waals surface area contributed by atoms with E-state index in [0.717, 1.165) is 0 Å². The SMILES string of the molecule is CC(C)OC(=O)C(C(C)C(F)(F)F)C(F)(F)F. The number of hydrogen-bond donors (Lipinski definition) is 0. The molecule has 2 unspecified atom stereocenters. The zero-order valence-electron chi connectivity index (χ0n) is 9.32. The van der Waals surface area contributed by atoms with Gasteiger partial charge in [0.1, 0.15) is 0 Å². The van der Waals surface area contributed by atoms with Crippen LogP contribution < -0.4 is 0 Å². The van der Waals surface area contributed by atoms with Gasteiger partial charge in [-0.3, -0.25) is 4.79 Å². The number of rotatable bonds is 3. The van der Waals surface area contributed by atoms with Crippen LogP contribution in [0.2, 0.25) is 0 Å². The van der Waals surface area contributed by atoms with Gasteiger partial charge in [-0.25, -0.2) is 0 Å². The van der Waals surface area contributed by atoms with E-state index in [1.165, 1.54) is 13.8 Å². The average molecular weight is 266 g/mol. The first-order valence-electron chi connectivity index (χ1n) is 4.71. The van der Waals surface area contributed by atoms with E-state index in [9.17, 15) is 31.1 Å². The number of alkyl halides is 6. The number of carbonyl (C=O) groups is 1. The smallest absolute Gasteiger partial charge is 0.402 e. The van der Waals surface area contributed by atoms with Gasteiger partial charge in [0, 0.05) is 0 Å². The van der Waals surface area contributed by atoms with Crippen LogP contribution in [0.4, 0.5) is 26.3 Å².